The van der Waals surface area contributed by atoms with E-state index < -0.39 is 0 Å². The van der Waals surface area contributed by atoms with Gasteiger partial charge < -0.3 is 9.53 Å². The van der Waals surface area contributed by atoms with Crippen molar-refractivity contribution in [3.8, 4) is 5.75 Å². The lowest BCUT2D eigenvalue weighted by Crippen LogP contribution is -1.94. The van der Waals surface area contributed by atoms with Crippen molar-refractivity contribution < 1.29 is 9.53 Å². The van der Waals surface area contributed by atoms with Gasteiger partial charge >= 0.3 is 0 Å². The summed E-state index contributed by atoms with van der Waals surface area (Å²) in [5.41, 5.74) is 3.21. The van der Waals surface area contributed by atoms with Gasteiger partial charge in [0.05, 0.1) is 7.11 Å². The standard InChI is InChI=1S/C11H14O2/c1-8-6-10(4-5-12)7-9(2)11(8)13-3/h5-7H,4H2,1-3H3. The van der Waals surface area contributed by atoms with Crippen LogP contribution in [-0.2, 0) is 11.2 Å². The van der Waals surface area contributed by atoms with Crippen LogP contribution >= 0.6 is 0 Å². The summed E-state index contributed by atoms with van der Waals surface area (Å²) in [6.45, 7) is 3.97. The molecular formula is C11H14O2. The molecule has 0 radical (unpaired) electrons. The van der Waals surface area contributed by atoms with Gasteiger partial charge in [0.2, 0.25) is 0 Å². The van der Waals surface area contributed by atoms with E-state index in [9.17, 15) is 4.79 Å². The van der Waals surface area contributed by atoms with Crippen LogP contribution in [0.15, 0.2) is 12.1 Å². The van der Waals surface area contributed by atoms with Crippen molar-refractivity contribution in [1.82, 2.24) is 0 Å². The first-order chi connectivity index (χ1) is 6.19. The molecule has 0 unspecified atom stereocenters. The molecule has 0 spiro atoms. The Labute approximate surface area is 78.5 Å². The quantitative estimate of drug-likeness (QED) is 0.662. The molecule has 13 heavy (non-hydrogen) atoms. The number of hydrogen-bond acceptors (Lipinski definition) is 2. The summed E-state index contributed by atoms with van der Waals surface area (Å²) >= 11 is 0. The number of hydrogen-bond donors (Lipinski definition) is 0. The highest BCUT2D eigenvalue weighted by Gasteiger charge is 2.04. The number of carbonyl (C=O) groups is 1. The van der Waals surface area contributed by atoms with Crippen molar-refractivity contribution in [3.05, 3.63) is 28.8 Å². The van der Waals surface area contributed by atoms with E-state index >= 15 is 0 Å². The number of aryl methyl sites for hydroxylation is 2. The first-order valence-corrected chi connectivity index (χ1v) is 4.26. The van der Waals surface area contributed by atoms with Gasteiger partial charge in [-0.15, -0.1) is 0 Å². The average molecular weight is 178 g/mol. The fourth-order valence-electron chi connectivity index (χ4n) is 1.58. The molecule has 0 bridgehead atoms. The van der Waals surface area contributed by atoms with Crippen molar-refractivity contribution >= 4 is 6.29 Å². The van der Waals surface area contributed by atoms with Gasteiger partial charge in [0.15, 0.2) is 0 Å². The smallest absolute Gasteiger partial charge is 0.124 e. The summed E-state index contributed by atoms with van der Waals surface area (Å²) in [6, 6.07) is 3.97. The van der Waals surface area contributed by atoms with Gasteiger partial charge in [-0.1, -0.05) is 12.1 Å². The molecule has 2 nitrogen and oxygen atoms in total. The topological polar surface area (TPSA) is 26.3 Å². The lowest BCUT2D eigenvalue weighted by atomic mass is 10.0. The first-order valence-electron chi connectivity index (χ1n) is 4.26. The van der Waals surface area contributed by atoms with Crippen LogP contribution in [0.25, 0.3) is 0 Å². The summed E-state index contributed by atoms with van der Waals surface area (Å²) in [7, 11) is 1.66. The molecule has 1 aromatic carbocycles. The van der Waals surface area contributed by atoms with Crippen LogP contribution in [0, 0.1) is 13.8 Å². The third-order valence-corrected chi connectivity index (χ3v) is 2.04. The molecule has 0 saturated carbocycles. The molecule has 0 aliphatic heterocycles. The number of aldehydes is 1. The molecule has 0 amide bonds. The fraction of sp³-hybridized carbons (Fsp3) is 0.364. The summed E-state index contributed by atoms with van der Waals surface area (Å²) in [4.78, 5) is 10.3. The SMILES string of the molecule is COc1c(C)cc(CC=O)cc1C. The summed E-state index contributed by atoms with van der Waals surface area (Å²) in [5, 5.41) is 0. The van der Waals surface area contributed by atoms with Crippen LogP contribution in [0.5, 0.6) is 5.75 Å². The van der Waals surface area contributed by atoms with E-state index in [0.29, 0.717) is 6.42 Å². The lowest BCUT2D eigenvalue weighted by molar-refractivity contribution is -0.107. The Morgan fingerprint density at radius 3 is 2.23 bits per heavy atom. The third-order valence-electron chi connectivity index (χ3n) is 2.04. The van der Waals surface area contributed by atoms with Gasteiger partial charge in [-0.2, -0.15) is 0 Å². The normalized spacial score (nSPS) is 9.77. The highest BCUT2D eigenvalue weighted by Crippen LogP contribution is 2.24. The highest BCUT2D eigenvalue weighted by atomic mass is 16.5. The molecular weight excluding hydrogens is 164 g/mol. The van der Waals surface area contributed by atoms with Crippen LogP contribution < -0.4 is 4.74 Å². The number of ether oxygens (including phenoxy) is 1. The minimum Gasteiger partial charge on any atom is -0.496 e. The maximum Gasteiger partial charge on any atom is 0.124 e. The van der Waals surface area contributed by atoms with Gasteiger partial charge in [0.25, 0.3) is 0 Å². The van der Waals surface area contributed by atoms with E-state index in [1.54, 1.807) is 7.11 Å². The van der Waals surface area contributed by atoms with Crippen molar-refractivity contribution in [1.29, 1.82) is 0 Å². The largest absolute Gasteiger partial charge is 0.496 e. The molecule has 0 N–H and O–H groups in total. The van der Waals surface area contributed by atoms with Gasteiger partial charge in [-0.05, 0) is 30.5 Å². The van der Waals surface area contributed by atoms with Crippen molar-refractivity contribution in [3.63, 3.8) is 0 Å². The Morgan fingerprint density at radius 1 is 1.31 bits per heavy atom. The number of methoxy groups -OCH3 is 1. The first kappa shape index (κ1) is 9.78. The van der Waals surface area contributed by atoms with Gasteiger partial charge in [0, 0.05) is 6.42 Å². The molecule has 0 aliphatic carbocycles. The molecule has 0 fully saturated rings. The zero-order chi connectivity index (χ0) is 9.84. The molecule has 1 aromatic rings. The zero-order valence-corrected chi connectivity index (χ0v) is 8.26. The number of benzene rings is 1. The predicted molar refractivity (Wildman–Crippen MR) is 52.2 cm³/mol. The van der Waals surface area contributed by atoms with Crippen LogP contribution in [0.2, 0.25) is 0 Å². The minimum atomic E-state index is 0.478. The minimum absolute atomic E-state index is 0.478. The van der Waals surface area contributed by atoms with E-state index in [4.69, 9.17) is 4.74 Å². The Balaban J connectivity index is 3.12. The molecule has 0 heterocycles. The Morgan fingerprint density at radius 2 is 1.85 bits per heavy atom. The van der Waals surface area contributed by atoms with Crippen molar-refractivity contribution in [2.45, 2.75) is 20.3 Å². The number of rotatable bonds is 3. The van der Waals surface area contributed by atoms with E-state index in [1.165, 1.54) is 0 Å². The Bertz CT molecular complexity index is 293. The molecule has 0 aliphatic rings. The molecule has 70 valence electrons. The van der Waals surface area contributed by atoms with Gasteiger partial charge in [-0.25, -0.2) is 0 Å². The maximum absolute atomic E-state index is 10.3. The zero-order valence-electron chi connectivity index (χ0n) is 8.26. The van der Waals surface area contributed by atoms with E-state index in [2.05, 4.69) is 0 Å². The molecule has 1 rings (SSSR count). The second-order valence-corrected chi connectivity index (χ2v) is 3.13. The second kappa shape index (κ2) is 4.08. The molecule has 0 atom stereocenters. The second-order valence-electron chi connectivity index (χ2n) is 3.13. The highest BCUT2D eigenvalue weighted by molar-refractivity contribution is 5.57. The summed E-state index contributed by atoms with van der Waals surface area (Å²) in [6.07, 6.45) is 1.40. The van der Waals surface area contributed by atoms with E-state index in [-0.39, 0.29) is 0 Å². The van der Waals surface area contributed by atoms with Crippen molar-refractivity contribution in [2.24, 2.45) is 0 Å². The Hall–Kier alpha value is -1.31. The monoisotopic (exact) mass is 178 g/mol. The van der Waals surface area contributed by atoms with Gasteiger partial charge in [-0.3, -0.25) is 0 Å². The molecule has 0 saturated heterocycles. The van der Waals surface area contributed by atoms with Crippen LogP contribution in [0.1, 0.15) is 16.7 Å². The predicted octanol–water partition coefficient (Wildman–Crippen LogP) is 2.05. The summed E-state index contributed by atoms with van der Waals surface area (Å²) < 4.78 is 5.22. The Kier molecular flexibility index (Phi) is 3.07. The van der Waals surface area contributed by atoms with Gasteiger partial charge in [0.1, 0.15) is 12.0 Å². The maximum atomic E-state index is 10.3. The average Bonchev–Trinajstić information content (AvgIpc) is 2.04. The molecule has 0 aromatic heterocycles. The van der Waals surface area contributed by atoms with E-state index in [1.807, 2.05) is 26.0 Å². The third kappa shape index (κ3) is 2.08. The van der Waals surface area contributed by atoms with Crippen molar-refractivity contribution in [2.75, 3.05) is 7.11 Å². The lowest BCUT2D eigenvalue weighted by Gasteiger charge is -2.09. The van der Waals surface area contributed by atoms with Crippen LogP contribution in [-0.4, -0.2) is 13.4 Å². The van der Waals surface area contributed by atoms with E-state index in [0.717, 1.165) is 28.7 Å². The number of carbonyl (C=O) groups excluding carboxylic acids is 1. The molecule has 2 heteroatoms. The fourth-order valence-corrected chi connectivity index (χ4v) is 1.58. The van der Waals surface area contributed by atoms with Crippen LogP contribution in [0.3, 0.4) is 0 Å². The summed E-state index contributed by atoms with van der Waals surface area (Å²) in [5.74, 6) is 0.912. The van der Waals surface area contributed by atoms with Crippen LogP contribution in [0.4, 0.5) is 0 Å².